The normalized spacial score (nSPS) is 17.0. The summed E-state index contributed by atoms with van der Waals surface area (Å²) in [6.45, 7) is 6.86. The van der Waals surface area contributed by atoms with E-state index in [1.165, 1.54) is 33.4 Å². The SMILES string of the molecule is Cc1cc(C2(c3ccccc3)c3ccccc3-c3ccccc32)cc(C)c1OCCOCC1CO1. The smallest absolute Gasteiger partial charge is 0.125 e. The van der Waals surface area contributed by atoms with Gasteiger partial charge in [0.15, 0.2) is 0 Å². The second-order valence-electron chi connectivity index (χ2n) is 9.53. The van der Waals surface area contributed by atoms with Gasteiger partial charge in [-0.2, -0.15) is 0 Å². The number of rotatable bonds is 8. The van der Waals surface area contributed by atoms with Crippen LogP contribution in [-0.4, -0.2) is 32.5 Å². The number of benzene rings is 4. The summed E-state index contributed by atoms with van der Waals surface area (Å²) in [7, 11) is 0. The van der Waals surface area contributed by atoms with Gasteiger partial charge in [0.05, 0.1) is 25.2 Å². The maximum Gasteiger partial charge on any atom is 0.125 e. The molecular formula is C32H30O3. The van der Waals surface area contributed by atoms with E-state index < -0.39 is 0 Å². The lowest BCUT2D eigenvalue weighted by atomic mass is 9.67. The first-order valence-electron chi connectivity index (χ1n) is 12.4. The first-order valence-corrected chi connectivity index (χ1v) is 12.4. The Morgan fingerprint density at radius 1 is 0.743 bits per heavy atom. The molecule has 1 aliphatic heterocycles. The Hall–Kier alpha value is -3.40. The van der Waals surface area contributed by atoms with Crippen molar-refractivity contribution in [2.45, 2.75) is 25.4 Å². The molecule has 0 amide bonds. The fraction of sp³-hybridized carbons (Fsp3) is 0.250. The molecule has 0 spiro atoms. The summed E-state index contributed by atoms with van der Waals surface area (Å²) in [6, 6.07) is 33.2. The summed E-state index contributed by atoms with van der Waals surface area (Å²) in [4.78, 5) is 0. The van der Waals surface area contributed by atoms with Crippen LogP contribution >= 0.6 is 0 Å². The van der Waals surface area contributed by atoms with Crippen LogP contribution in [0.3, 0.4) is 0 Å². The van der Waals surface area contributed by atoms with Crippen molar-refractivity contribution in [2.24, 2.45) is 0 Å². The fourth-order valence-corrected chi connectivity index (χ4v) is 5.69. The highest BCUT2D eigenvalue weighted by Crippen LogP contribution is 2.56. The minimum Gasteiger partial charge on any atom is -0.491 e. The lowest BCUT2D eigenvalue weighted by molar-refractivity contribution is 0.0874. The van der Waals surface area contributed by atoms with Crippen LogP contribution in [0, 0.1) is 13.8 Å². The average Bonchev–Trinajstić information content (AvgIpc) is 3.66. The molecule has 0 saturated carbocycles. The molecule has 2 aliphatic rings. The van der Waals surface area contributed by atoms with E-state index in [1.54, 1.807) is 0 Å². The molecule has 0 aromatic heterocycles. The summed E-state index contributed by atoms with van der Waals surface area (Å²) in [5, 5.41) is 0. The van der Waals surface area contributed by atoms with Crippen LogP contribution in [0.2, 0.25) is 0 Å². The van der Waals surface area contributed by atoms with E-state index in [-0.39, 0.29) is 11.5 Å². The van der Waals surface area contributed by atoms with Gasteiger partial charge < -0.3 is 14.2 Å². The molecule has 3 nitrogen and oxygen atoms in total. The quantitative estimate of drug-likeness (QED) is 0.196. The standard InChI is InChI=1S/C32H30O3/c1-22-18-25(19-23(2)31(22)34-17-16-33-20-26-21-35-26)32(24-10-4-3-5-11-24)29-14-8-6-12-27(29)28-13-7-9-15-30(28)32/h3-15,18-19,26H,16-17,20-21H2,1-2H3. The zero-order valence-corrected chi connectivity index (χ0v) is 20.3. The zero-order chi connectivity index (χ0) is 23.8. The number of ether oxygens (including phenoxy) is 3. The van der Waals surface area contributed by atoms with Gasteiger partial charge >= 0.3 is 0 Å². The zero-order valence-electron chi connectivity index (χ0n) is 20.3. The van der Waals surface area contributed by atoms with E-state index in [0.717, 1.165) is 23.5 Å². The van der Waals surface area contributed by atoms with Crippen LogP contribution in [0.5, 0.6) is 5.75 Å². The molecule has 0 N–H and O–H groups in total. The third kappa shape index (κ3) is 3.76. The van der Waals surface area contributed by atoms with Gasteiger partial charge in [0, 0.05) is 0 Å². The van der Waals surface area contributed by atoms with Crippen molar-refractivity contribution in [1.82, 2.24) is 0 Å². The van der Waals surface area contributed by atoms with Crippen molar-refractivity contribution >= 4 is 0 Å². The second-order valence-corrected chi connectivity index (χ2v) is 9.53. The Balaban J connectivity index is 1.45. The molecule has 0 radical (unpaired) electrons. The maximum atomic E-state index is 6.20. The van der Waals surface area contributed by atoms with Gasteiger partial charge in [-0.05, 0) is 58.4 Å². The average molecular weight is 463 g/mol. The van der Waals surface area contributed by atoms with Crippen molar-refractivity contribution < 1.29 is 14.2 Å². The molecule has 1 unspecified atom stereocenters. The minimum atomic E-state index is -0.379. The Labute approximate surface area is 207 Å². The van der Waals surface area contributed by atoms with Gasteiger partial charge in [-0.15, -0.1) is 0 Å². The van der Waals surface area contributed by atoms with Crippen molar-refractivity contribution in [3.63, 3.8) is 0 Å². The van der Waals surface area contributed by atoms with E-state index in [1.807, 2.05) is 0 Å². The maximum absolute atomic E-state index is 6.20. The Kier molecular flexibility index (Phi) is 5.68. The summed E-state index contributed by atoms with van der Waals surface area (Å²) >= 11 is 0. The number of epoxide rings is 1. The minimum absolute atomic E-state index is 0.282. The van der Waals surface area contributed by atoms with Crippen molar-refractivity contribution in [3.8, 4) is 16.9 Å². The molecular weight excluding hydrogens is 432 g/mol. The van der Waals surface area contributed by atoms with E-state index in [0.29, 0.717) is 19.8 Å². The first kappa shape index (κ1) is 22.1. The lowest BCUT2D eigenvalue weighted by Crippen LogP contribution is -2.29. The van der Waals surface area contributed by atoms with Gasteiger partial charge in [0.25, 0.3) is 0 Å². The van der Waals surface area contributed by atoms with Gasteiger partial charge in [0.2, 0.25) is 0 Å². The first-order chi connectivity index (χ1) is 17.2. The monoisotopic (exact) mass is 462 g/mol. The number of aryl methyl sites for hydroxylation is 2. The highest BCUT2D eigenvalue weighted by atomic mass is 16.6. The fourth-order valence-electron chi connectivity index (χ4n) is 5.69. The Morgan fingerprint density at radius 3 is 1.91 bits per heavy atom. The molecule has 1 atom stereocenters. The van der Waals surface area contributed by atoms with Crippen LogP contribution in [0.1, 0.15) is 33.4 Å². The third-order valence-electron chi connectivity index (χ3n) is 7.23. The van der Waals surface area contributed by atoms with Gasteiger partial charge in [0.1, 0.15) is 18.5 Å². The molecule has 1 saturated heterocycles. The molecule has 3 heteroatoms. The summed E-state index contributed by atoms with van der Waals surface area (Å²) in [6.07, 6.45) is 0.282. The molecule has 1 fully saturated rings. The number of hydrogen-bond donors (Lipinski definition) is 0. The van der Waals surface area contributed by atoms with Crippen molar-refractivity contribution in [1.29, 1.82) is 0 Å². The predicted molar refractivity (Wildman–Crippen MR) is 139 cm³/mol. The van der Waals surface area contributed by atoms with Crippen LogP contribution in [0.15, 0.2) is 91.0 Å². The van der Waals surface area contributed by atoms with Crippen molar-refractivity contribution in [3.05, 3.63) is 124 Å². The third-order valence-corrected chi connectivity index (χ3v) is 7.23. The van der Waals surface area contributed by atoms with Gasteiger partial charge in [-0.1, -0.05) is 91.0 Å². The molecule has 4 aromatic rings. The van der Waals surface area contributed by atoms with Crippen molar-refractivity contribution in [2.75, 3.05) is 26.4 Å². The molecule has 6 rings (SSSR count). The van der Waals surface area contributed by atoms with Crippen LogP contribution < -0.4 is 4.74 Å². The molecule has 1 heterocycles. The highest BCUT2D eigenvalue weighted by Gasteiger charge is 2.46. The number of fused-ring (bicyclic) bond motifs is 3. The highest BCUT2D eigenvalue weighted by molar-refractivity contribution is 5.86. The van der Waals surface area contributed by atoms with Gasteiger partial charge in [-0.3, -0.25) is 0 Å². The summed E-state index contributed by atoms with van der Waals surface area (Å²) < 4.78 is 17.1. The predicted octanol–water partition coefficient (Wildman–Crippen LogP) is 6.46. The molecule has 4 aromatic carbocycles. The van der Waals surface area contributed by atoms with E-state index >= 15 is 0 Å². The number of hydrogen-bond acceptors (Lipinski definition) is 3. The summed E-state index contributed by atoms with van der Waals surface area (Å²) in [5.74, 6) is 0.947. The second kappa shape index (κ2) is 8.99. The lowest BCUT2D eigenvalue weighted by Gasteiger charge is -2.34. The Morgan fingerprint density at radius 2 is 1.31 bits per heavy atom. The van der Waals surface area contributed by atoms with Crippen LogP contribution in [0.25, 0.3) is 11.1 Å². The summed E-state index contributed by atoms with van der Waals surface area (Å²) in [5.41, 5.74) is 9.72. The van der Waals surface area contributed by atoms with E-state index in [2.05, 4.69) is 105 Å². The topological polar surface area (TPSA) is 31.0 Å². The molecule has 0 bridgehead atoms. The van der Waals surface area contributed by atoms with Crippen LogP contribution in [0.4, 0.5) is 0 Å². The largest absolute Gasteiger partial charge is 0.491 e. The van der Waals surface area contributed by atoms with E-state index in [9.17, 15) is 0 Å². The van der Waals surface area contributed by atoms with Gasteiger partial charge in [-0.25, -0.2) is 0 Å². The Bertz CT molecular complexity index is 1290. The van der Waals surface area contributed by atoms with Crippen LogP contribution in [-0.2, 0) is 14.9 Å². The van der Waals surface area contributed by atoms with E-state index in [4.69, 9.17) is 14.2 Å². The molecule has 1 aliphatic carbocycles. The molecule has 176 valence electrons. The molecule has 35 heavy (non-hydrogen) atoms.